The van der Waals surface area contributed by atoms with Crippen molar-refractivity contribution in [1.29, 1.82) is 0 Å². The first-order chi connectivity index (χ1) is 3.46. The smallest absolute Gasteiger partial charge is 0.652 e. The fourth-order valence-electron chi connectivity index (χ4n) is 0. The zero-order valence-electron chi connectivity index (χ0n) is 4.14. The Labute approximate surface area is 86.3 Å². The first kappa shape index (κ1) is 16.0. The van der Waals surface area contributed by atoms with E-state index in [4.69, 9.17) is 30.3 Å². The average Bonchev–Trinajstić information content (AvgIpc) is 1.25. The molecule has 7 nitrogen and oxygen atoms in total. The summed E-state index contributed by atoms with van der Waals surface area (Å²) in [6.07, 6.45) is -2.33. The van der Waals surface area contributed by atoms with E-state index in [0.29, 0.717) is 0 Å². The molecule has 0 rings (SSSR count). The van der Waals surface area contributed by atoms with Crippen molar-refractivity contribution in [3.8, 4) is 0 Å². The number of carboxylic acid groups (broad SMARTS) is 2. The van der Waals surface area contributed by atoms with E-state index in [1.807, 2.05) is 0 Å². The number of hydrogen-bond donors (Lipinski definition) is 1. The molecular formula is CHNO6Sr. The molecule has 0 aliphatic carbocycles. The Morgan fingerprint density at radius 2 is 1.44 bits per heavy atom. The van der Waals surface area contributed by atoms with E-state index < -0.39 is 11.2 Å². The van der Waals surface area contributed by atoms with Crippen molar-refractivity contribution in [1.82, 2.24) is 0 Å². The Hall–Kier alpha value is -0.0495. The number of nitrogens with zero attached hydrogens (tertiary/aromatic N) is 1. The molecule has 0 atom stereocenters. The maximum atomic E-state index is 8.36. The molecule has 0 aromatic carbocycles. The Morgan fingerprint density at radius 3 is 1.44 bits per heavy atom. The molecule has 0 aromatic heterocycles. The number of carbonyl (C=O) groups excluding carboxylic acids is 1. The van der Waals surface area contributed by atoms with E-state index in [1.54, 1.807) is 0 Å². The van der Waals surface area contributed by atoms with Gasteiger partial charge in [-0.2, -0.15) is 0 Å². The maximum Gasteiger partial charge on any atom is 2.00 e. The molecule has 48 valence electrons. The minimum Gasteiger partial charge on any atom is -0.652 e. The third-order valence-corrected chi connectivity index (χ3v) is 0. The molecule has 0 radical (unpaired) electrons. The summed E-state index contributed by atoms with van der Waals surface area (Å²) in [4.78, 5) is 16.7. The molecule has 0 fully saturated rings. The predicted molar refractivity (Wildman–Crippen MR) is 19.9 cm³/mol. The number of hydrogen-bond acceptors (Lipinski definition) is 5. The van der Waals surface area contributed by atoms with Crippen molar-refractivity contribution in [2.45, 2.75) is 0 Å². The van der Waals surface area contributed by atoms with Crippen LogP contribution in [-0.2, 0) is 0 Å². The molecule has 8 heteroatoms. The van der Waals surface area contributed by atoms with Crippen LogP contribution in [0.25, 0.3) is 0 Å². The second kappa shape index (κ2) is 10.8. The van der Waals surface area contributed by atoms with Crippen LogP contribution in [0, 0.1) is 10.1 Å². The topological polar surface area (TPSA) is 127 Å². The third-order valence-electron chi connectivity index (χ3n) is 0. The van der Waals surface area contributed by atoms with Gasteiger partial charge in [0.25, 0.3) is 5.09 Å². The first-order valence-corrected chi connectivity index (χ1v) is 1.18. The van der Waals surface area contributed by atoms with Crippen LogP contribution in [0.1, 0.15) is 0 Å². The molecule has 0 aromatic rings. The maximum absolute atomic E-state index is 8.36. The van der Waals surface area contributed by atoms with Crippen molar-refractivity contribution < 1.29 is 25.3 Å². The van der Waals surface area contributed by atoms with Crippen LogP contribution in [0.15, 0.2) is 0 Å². The number of rotatable bonds is 0. The second-order valence-corrected chi connectivity index (χ2v) is 0.488. The largest absolute Gasteiger partial charge is 2.00 e. The zero-order chi connectivity index (χ0) is 7.15. The average molecular weight is 211 g/mol. The van der Waals surface area contributed by atoms with E-state index in [-0.39, 0.29) is 45.5 Å². The molecule has 0 bridgehead atoms. The summed E-state index contributed by atoms with van der Waals surface area (Å²) in [7, 11) is 0. The zero-order valence-corrected chi connectivity index (χ0v) is 7.62. The van der Waals surface area contributed by atoms with Crippen LogP contribution >= 0.6 is 0 Å². The van der Waals surface area contributed by atoms with Crippen LogP contribution in [0.3, 0.4) is 0 Å². The molecule has 0 amide bonds. The van der Waals surface area contributed by atoms with Gasteiger partial charge >= 0.3 is 45.5 Å². The molecule has 9 heavy (non-hydrogen) atoms. The fourth-order valence-corrected chi connectivity index (χ4v) is 0. The molecule has 0 aliphatic heterocycles. The van der Waals surface area contributed by atoms with Gasteiger partial charge < -0.3 is 20.2 Å². The summed E-state index contributed by atoms with van der Waals surface area (Å²) >= 11 is 0. The van der Waals surface area contributed by atoms with Crippen molar-refractivity contribution in [2.75, 3.05) is 0 Å². The van der Waals surface area contributed by atoms with Crippen LogP contribution in [0.4, 0.5) is 4.79 Å². The summed E-state index contributed by atoms with van der Waals surface area (Å²) in [5, 5.41) is 30.3. The van der Waals surface area contributed by atoms with Gasteiger partial charge in [0, 0.05) is 0 Å². The third kappa shape index (κ3) is 115000. The van der Waals surface area contributed by atoms with Crippen molar-refractivity contribution in [3.63, 3.8) is 0 Å². The minimum absolute atomic E-state index is 0. The molecule has 0 spiro atoms. The molecule has 0 unspecified atom stereocenters. The van der Waals surface area contributed by atoms with E-state index in [0.717, 1.165) is 0 Å². The van der Waals surface area contributed by atoms with Gasteiger partial charge in [0.15, 0.2) is 0 Å². The van der Waals surface area contributed by atoms with Crippen LogP contribution in [0.2, 0.25) is 0 Å². The summed E-state index contributed by atoms with van der Waals surface area (Å²) in [5.74, 6) is 0. The van der Waals surface area contributed by atoms with Gasteiger partial charge in [0.2, 0.25) is 0 Å². The molecule has 1 N–H and O–H groups in total. The summed E-state index contributed by atoms with van der Waals surface area (Å²) in [6, 6.07) is 0. The van der Waals surface area contributed by atoms with Gasteiger partial charge in [0.05, 0.1) is 0 Å². The molecule has 0 aliphatic rings. The van der Waals surface area contributed by atoms with Crippen LogP contribution < -0.4 is 10.2 Å². The Kier molecular flexibility index (Phi) is 19.3. The van der Waals surface area contributed by atoms with Crippen molar-refractivity contribution in [2.24, 2.45) is 0 Å². The molecule has 0 heterocycles. The summed E-state index contributed by atoms with van der Waals surface area (Å²) in [5.41, 5.74) is 0. The minimum atomic E-state index is -2.33. The Bertz CT molecular complexity index is 71.1. The van der Waals surface area contributed by atoms with Crippen LogP contribution in [-0.4, -0.2) is 61.9 Å². The van der Waals surface area contributed by atoms with Crippen molar-refractivity contribution >= 4 is 51.6 Å². The standard InChI is InChI=1S/CH2O3.HNO3.Sr/c2*2-1(3)4;/h(H2,2,3,4);(H,2,3,4);/q;;+2/p-2. The van der Waals surface area contributed by atoms with E-state index in [1.165, 1.54) is 0 Å². The summed E-state index contributed by atoms with van der Waals surface area (Å²) in [6.45, 7) is 0. The van der Waals surface area contributed by atoms with Gasteiger partial charge in [-0.3, -0.25) is 0 Å². The van der Waals surface area contributed by atoms with E-state index in [9.17, 15) is 0 Å². The SMILES string of the molecule is O=C([O-])[O-].O=[N+]([O-])O.[Sr+2]. The fraction of sp³-hybridized carbons (Fsp3) is 0. The van der Waals surface area contributed by atoms with Gasteiger partial charge in [0.1, 0.15) is 0 Å². The van der Waals surface area contributed by atoms with Gasteiger partial charge in [-0.1, -0.05) is 0 Å². The van der Waals surface area contributed by atoms with Crippen molar-refractivity contribution in [3.05, 3.63) is 10.1 Å². The molecular weight excluding hydrogens is 210 g/mol. The van der Waals surface area contributed by atoms with Gasteiger partial charge in [-0.15, -0.1) is 10.1 Å². The number of carbonyl (C=O) groups is 1. The van der Waals surface area contributed by atoms with Gasteiger partial charge in [-0.05, 0) is 6.16 Å². The summed E-state index contributed by atoms with van der Waals surface area (Å²) < 4.78 is 0. The second-order valence-electron chi connectivity index (χ2n) is 0.488. The normalized spacial score (nSPS) is 5.33. The Balaban J connectivity index is -0.0000000720. The van der Waals surface area contributed by atoms with E-state index >= 15 is 0 Å². The molecule has 0 saturated heterocycles. The first-order valence-electron chi connectivity index (χ1n) is 1.18. The van der Waals surface area contributed by atoms with Crippen LogP contribution in [0.5, 0.6) is 0 Å². The quantitative estimate of drug-likeness (QED) is 0.255. The van der Waals surface area contributed by atoms with E-state index in [2.05, 4.69) is 0 Å². The predicted octanol–water partition coefficient (Wildman–Crippen LogP) is -3.18. The van der Waals surface area contributed by atoms with Gasteiger partial charge in [-0.25, -0.2) is 0 Å². The monoisotopic (exact) mass is 211 g/mol. The molecule has 0 saturated carbocycles. The Morgan fingerprint density at radius 1 is 1.44 bits per heavy atom.